The number of ether oxygens (including phenoxy) is 2. The Hall–Kier alpha value is -4.49. The van der Waals surface area contributed by atoms with Crippen molar-refractivity contribution in [2.45, 2.75) is 91.0 Å². The summed E-state index contributed by atoms with van der Waals surface area (Å²) in [6, 6.07) is 21.2. The highest BCUT2D eigenvalue weighted by Gasteiger charge is 2.29. The van der Waals surface area contributed by atoms with Gasteiger partial charge < -0.3 is 36.1 Å². The number of carbonyl (C=O) groups excluding carboxylic acids is 1. The van der Waals surface area contributed by atoms with Crippen molar-refractivity contribution in [1.82, 2.24) is 31.2 Å². The van der Waals surface area contributed by atoms with E-state index in [2.05, 4.69) is 84.0 Å². The van der Waals surface area contributed by atoms with Gasteiger partial charge in [-0.05, 0) is 96.1 Å². The van der Waals surface area contributed by atoms with E-state index in [1.54, 1.807) is 12.3 Å². The second kappa shape index (κ2) is 21.3. The number of nitrogens with zero attached hydrogens (tertiary/aromatic N) is 4. The number of hydrazine groups is 2. The highest BCUT2D eigenvalue weighted by Crippen LogP contribution is 2.38. The number of aliphatic imine (C=N–C) groups is 1. The van der Waals surface area contributed by atoms with Crippen LogP contribution in [0.25, 0.3) is 0 Å². The molecule has 12 heteroatoms. The molecule has 2 heterocycles. The fourth-order valence-corrected chi connectivity index (χ4v) is 6.26. The van der Waals surface area contributed by atoms with E-state index < -0.39 is 0 Å². The molecular formula is C41H67N9O3. The Bertz CT molecular complexity index is 1590. The maximum Gasteiger partial charge on any atom is 0.142 e. The summed E-state index contributed by atoms with van der Waals surface area (Å²) in [5.41, 5.74) is 25.9. The minimum absolute atomic E-state index is 0. The normalized spacial score (nSPS) is 20.6. The first-order chi connectivity index (χ1) is 25.3. The molecule has 0 radical (unpaired) electrons. The number of hydrogen-bond donors (Lipinski definition) is 5. The number of fused-ring (bicyclic) bond motifs is 1. The lowest BCUT2D eigenvalue weighted by Crippen LogP contribution is -2.50. The molecule has 2 aliphatic rings. The quantitative estimate of drug-likeness (QED) is 0.0789. The van der Waals surface area contributed by atoms with E-state index in [0.29, 0.717) is 36.1 Å². The van der Waals surface area contributed by atoms with E-state index in [1.165, 1.54) is 24.8 Å². The number of piperidine rings is 1. The number of anilines is 1. The zero-order valence-electron chi connectivity index (χ0n) is 33.1. The first-order valence-corrected chi connectivity index (χ1v) is 18.5. The lowest BCUT2D eigenvalue weighted by Gasteiger charge is -2.37. The van der Waals surface area contributed by atoms with Gasteiger partial charge in [0.2, 0.25) is 0 Å². The Kier molecular flexibility index (Phi) is 17.2. The minimum atomic E-state index is -0.210. The highest BCUT2D eigenvalue weighted by molar-refractivity contribution is 5.95. The number of likely N-dealkylation sites (N-methyl/N-ethyl adjacent to an activating group) is 1. The molecule has 4 atom stereocenters. The number of hydrogen-bond acceptors (Lipinski definition) is 11. The lowest BCUT2D eigenvalue weighted by molar-refractivity contribution is -0.0980. The van der Waals surface area contributed by atoms with Crippen LogP contribution >= 0.6 is 0 Å². The van der Waals surface area contributed by atoms with Crippen molar-refractivity contribution < 1.29 is 17.1 Å². The zero-order chi connectivity index (χ0) is 39.0. The minimum Gasteiger partial charge on any atom is -0.492 e. The summed E-state index contributed by atoms with van der Waals surface area (Å²) in [5, 5.41) is 2.35. The zero-order valence-corrected chi connectivity index (χ0v) is 33.1. The third-order valence-electron chi connectivity index (χ3n) is 9.33. The Labute approximate surface area is 320 Å². The van der Waals surface area contributed by atoms with E-state index in [4.69, 9.17) is 30.7 Å². The van der Waals surface area contributed by atoms with Gasteiger partial charge in [0.1, 0.15) is 42.7 Å². The molecule has 12 nitrogen and oxygen atoms in total. The van der Waals surface area contributed by atoms with Gasteiger partial charge in [0, 0.05) is 44.7 Å². The van der Waals surface area contributed by atoms with Gasteiger partial charge in [-0.2, -0.15) is 0 Å². The molecule has 53 heavy (non-hydrogen) atoms. The number of carbonyl (C=O) groups is 1. The molecule has 2 aromatic carbocycles. The smallest absolute Gasteiger partial charge is 0.142 e. The van der Waals surface area contributed by atoms with Crippen LogP contribution in [0.4, 0.5) is 11.5 Å². The molecule has 3 aromatic rings. The van der Waals surface area contributed by atoms with Gasteiger partial charge in [0.25, 0.3) is 0 Å². The molecule has 0 unspecified atom stereocenters. The molecular weight excluding hydrogens is 667 g/mol. The van der Waals surface area contributed by atoms with Crippen LogP contribution in [-0.4, -0.2) is 73.9 Å². The molecule has 7 N–H and O–H groups in total. The van der Waals surface area contributed by atoms with E-state index in [-0.39, 0.29) is 20.4 Å². The number of rotatable bonds is 11. The van der Waals surface area contributed by atoms with Crippen molar-refractivity contribution in [2.75, 3.05) is 40.0 Å². The van der Waals surface area contributed by atoms with Gasteiger partial charge in [0.05, 0.1) is 17.9 Å². The Morgan fingerprint density at radius 2 is 1.72 bits per heavy atom. The van der Waals surface area contributed by atoms with Gasteiger partial charge in [-0.15, -0.1) is 0 Å². The largest absolute Gasteiger partial charge is 0.492 e. The van der Waals surface area contributed by atoms with Crippen LogP contribution in [0.1, 0.15) is 92.8 Å². The number of nitrogen functional groups attached to an aromatic ring is 1. The molecule has 1 aromatic heterocycles. The molecule has 0 spiro atoms. The molecule has 1 aliphatic carbocycles. The SMILES string of the molecule is C=O.CN(C)CCOc1cccc(N=C(/C=C(\N)C(C)(C)C)NN[C@H]2CC[C@@H](Oc3ccc(N)nc3)c3ccccc32)c1.CNN1[C@H](C)CCC[C@@H]1C.[HH].[HH]. The Morgan fingerprint density at radius 3 is 2.32 bits per heavy atom. The van der Waals surface area contributed by atoms with E-state index in [9.17, 15) is 0 Å². The molecule has 1 saturated heterocycles. The third-order valence-corrected chi connectivity index (χ3v) is 9.33. The van der Waals surface area contributed by atoms with Crippen molar-refractivity contribution in [3.05, 3.63) is 89.8 Å². The summed E-state index contributed by atoms with van der Waals surface area (Å²) in [5.74, 6) is 2.57. The van der Waals surface area contributed by atoms with Gasteiger partial charge in [-0.3, -0.25) is 5.43 Å². The lowest BCUT2D eigenvalue weighted by atomic mass is 9.86. The number of benzene rings is 2. The maximum absolute atomic E-state index is 8.00. The summed E-state index contributed by atoms with van der Waals surface area (Å²) in [4.78, 5) is 19.1. The summed E-state index contributed by atoms with van der Waals surface area (Å²) >= 11 is 0. The number of amidine groups is 1. The predicted octanol–water partition coefficient (Wildman–Crippen LogP) is 6.96. The van der Waals surface area contributed by atoms with Crippen LogP contribution in [0.5, 0.6) is 11.5 Å². The number of pyridine rings is 1. The standard InChI is InChI=1S/C32H43N7O2.C8H18N2.CH2O.2H2/c1-32(2,3)29(33)20-31(36-22-9-8-10-23(19-22)40-18-17-39(4)5)38-37-27-14-15-28(26-12-7-6-11-25(26)27)41-24-13-16-30(34)35-21-24;1-7-5-4-6-8(2)10(7)9-3;1-2;;/h6-13,16,19-21,27-28,37H,14-15,17-18,33H2,1-5H3,(H2,34,35)(H,36,38);7-9H,4-6H2,1-3H3;1H2;2*1H/b29-20-;;;;/t27-,28+;7-,8+;;;/m0..../s1. The highest BCUT2D eigenvalue weighted by atomic mass is 16.5. The van der Waals surface area contributed by atoms with Crippen LogP contribution in [-0.2, 0) is 4.79 Å². The van der Waals surface area contributed by atoms with Crippen LogP contribution in [0.3, 0.4) is 0 Å². The Balaban J connectivity index is 0.000000931. The number of allylic oxidation sites excluding steroid dienone is 1. The van der Waals surface area contributed by atoms with Crippen LogP contribution < -0.4 is 37.2 Å². The van der Waals surface area contributed by atoms with Crippen LogP contribution in [0, 0.1) is 5.41 Å². The van der Waals surface area contributed by atoms with Crippen molar-refractivity contribution in [2.24, 2.45) is 16.1 Å². The third kappa shape index (κ3) is 13.8. The average molecular weight is 734 g/mol. The maximum atomic E-state index is 8.00. The number of nitrogens with two attached hydrogens (primary N) is 2. The molecule has 0 saturated carbocycles. The van der Waals surface area contributed by atoms with Crippen molar-refractivity contribution in [1.29, 1.82) is 0 Å². The van der Waals surface area contributed by atoms with Gasteiger partial charge in [0.15, 0.2) is 0 Å². The molecule has 1 fully saturated rings. The summed E-state index contributed by atoms with van der Waals surface area (Å²) in [6.45, 7) is 14.2. The number of nitrogens with one attached hydrogen (secondary N) is 3. The van der Waals surface area contributed by atoms with Crippen molar-refractivity contribution >= 4 is 24.1 Å². The van der Waals surface area contributed by atoms with Crippen molar-refractivity contribution in [3.63, 3.8) is 0 Å². The average Bonchev–Trinajstić information content (AvgIpc) is 3.13. The van der Waals surface area contributed by atoms with E-state index in [0.717, 1.165) is 42.1 Å². The van der Waals surface area contributed by atoms with Gasteiger partial charge in [-0.1, -0.05) is 57.5 Å². The topological polar surface area (TPSA) is 155 Å². The first-order valence-electron chi connectivity index (χ1n) is 18.5. The van der Waals surface area contributed by atoms with E-state index >= 15 is 0 Å². The Morgan fingerprint density at radius 1 is 1.02 bits per heavy atom. The monoisotopic (exact) mass is 734 g/mol. The van der Waals surface area contributed by atoms with Gasteiger partial charge >= 0.3 is 0 Å². The predicted molar refractivity (Wildman–Crippen MR) is 221 cm³/mol. The summed E-state index contributed by atoms with van der Waals surface area (Å²) in [7, 11) is 6.06. The molecule has 1 aliphatic heterocycles. The summed E-state index contributed by atoms with van der Waals surface area (Å²) in [6.07, 6.45) is 9.24. The van der Waals surface area contributed by atoms with E-state index in [1.807, 2.05) is 70.4 Å². The second-order valence-electron chi connectivity index (χ2n) is 14.8. The summed E-state index contributed by atoms with van der Waals surface area (Å²) < 4.78 is 12.2. The van der Waals surface area contributed by atoms with Crippen molar-refractivity contribution in [3.8, 4) is 11.5 Å². The van der Waals surface area contributed by atoms with Crippen LogP contribution in [0.15, 0.2) is 83.6 Å². The van der Waals surface area contributed by atoms with Gasteiger partial charge in [-0.25, -0.2) is 20.4 Å². The molecule has 294 valence electrons. The molecule has 5 rings (SSSR count). The first kappa shape index (κ1) is 42.9. The fraction of sp³-hybridized carbons (Fsp3) is 0.488. The second-order valence-corrected chi connectivity index (χ2v) is 14.8. The molecule has 0 bridgehead atoms. The van der Waals surface area contributed by atoms with Crippen LogP contribution in [0.2, 0.25) is 0 Å². The number of aromatic nitrogens is 1. The molecule has 0 amide bonds. The fourth-order valence-electron chi connectivity index (χ4n) is 6.26.